The summed E-state index contributed by atoms with van der Waals surface area (Å²) >= 11 is 5.15. The Morgan fingerprint density at radius 2 is 1.94 bits per heavy atom. The monoisotopic (exact) mass is 323 g/mol. The van der Waals surface area contributed by atoms with Gasteiger partial charge in [-0.05, 0) is 40.2 Å². The molecule has 0 saturated heterocycles. The van der Waals surface area contributed by atoms with Gasteiger partial charge in [-0.1, -0.05) is 18.2 Å². The lowest BCUT2D eigenvalue weighted by Crippen LogP contribution is -2.14. The lowest BCUT2D eigenvalue weighted by atomic mass is 10.2. The van der Waals surface area contributed by atoms with E-state index in [1.54, 1.807) is 18.0 Å². The third-order valence-electron chi connectivity index (χ3n) is 2.44. The van der Waals surface area contributed by atoms with Crippen LogP contribution in [0.4, 0.5) is 0 Å². The molecule has 0 saturated carbocycles. The molecule has 94 valence electrons. The molecule has 0 spiro atoms. The van der Waals surface area contributed by atoms with Crippen LogP contribution in [0, 0.1) is 0 Å². The Morgan fingerprint density at radius 3 is 2.67 bits per heavy atom. The summed E-state index contributed by atoms with van der Waals surface area (Å²) in [7, 11) is 0. The molecule has 0 aliphatic carbocycles. The standard InChI is InChI=1S/C14H14BrNOS/c15-13-6-1-2-7-14(13)18-10-12(17)9-11-5-3-4-8-16-11/h1-8,12,17H,9-10H2. The van der Waals surface area contributed by atoms with Crippen molar-refractivity contribution in [2.75, 3.05) is 5.75 Å². The van der Waals surface area contributed by atoms with Crippen molar-refractivity contribution < 1.29 is 5.11 Å². The Labute approximate surface area is 120 Å². The number of pyridine rings is 1. The van der Waals surface area contributed by atoms with Gasteiger partial charge in [-0.3, -0.25) is 4.98 Å². The fourth-order valence-corrected chi connectivity index (χ4v) is 3.07. The fourth-order valence-electron chi connectivity index (χ4n) is 1.57. The van der Waals surface area contributed by atoms with E-state index in [1.807, 2.05) is 42.5 Å². The average molecular weight is 324 g/mol. The van der Waals surface area contributed by atoms with Crippen LogP contribution >= 0.6 is 27.7 Å². The minimum absolute atomic E-state index is 0.378. The quantitative estimate of drug-likeness (QED) is 0.854. The summed E-state index contributed by atoms with van der Waals surface area (Å²) < 4.78 is 1.07. The third-order valence-corrected chi connectivity index (χ3v) is 4.61. The molecule has 1 aromatic carbocycles. The van der Waals surface area contributed by atoms with Crippen LogP contribution in [-0.4, -0.2) is 21.9 Å². The summed E-state index contributed by atoms with van der Waals surface area (Å²) in [4.78, 5) is 5.36. The molecule has 0 bridgehead atoms. The van der Waals surface area contributed by atoms with Gasteiger partial charge >= 0.3 is 0 Å². The molecule has 2 aromatic rings. The molecule has 0 amide bonds. The van der Waals surface area contributed by atoms with Crippen molar-refractivity contribution in [1.82, 2.24) is 4.98 Å². The zero-order valence-electron chi connectivity index (χ0n) is 9.79. The highest BCUT2D eigenvalue weighted by Crippen LogP contribution is 2.27. The van der Waals surface area contributed by atoms with Gasteiger partial charge < -0.3 is 5.11 Å². The van der Waals surface area contributed by atoms with Gasteiger partial charge in [-0.15, -0.1) is 11.8 Å². The van der Waals surface area contributed by atoms with E-state index in [0.717, 1.165) is 15.1 Å². The highest BCUT2D eigenvalue weighted by molar-refractivity contribution is 9.10. The van der Waals surface area contributed by atoms with Crippen molar-refractivity contribution >= 4 is 27.7 Å². The SMILES string of the molecule is OC(CSc1ccccc1Br)Cc1ccccn1. The van der Waals surface area contributed by atoms with Crippen LogP contribution in [0.25, 0.3) is 0 Å². The number of aliphatic hydroxyl groups is 1. The summed E-state index contributed by atoms with van der Waals surface area (Å²) in [5.74, 6) is 0.666. The predicted octanol–water partition coefficient (Wildman–Crippen LogP) is 3.54. The van der Waals surface area contributed by atoms with Crippen LogP contribution < -0.4 is 0 Å². The van der Waals surface area contributed by atoms with E-state index < -0.39 is 0 Å². The van der Waals surface area contributed by atoms with E-state index >= 15 is 0 Å². The van der Waals surface area contributed by atoms with Gasteiger partial charge in [0.1, 0.15) is 0 Å². The van der Waals surface area contributed by atoms with Crippen molar-refractivity contribution in [1.29, 1.82) is 0 Å². The van der Waals surface area contributed by atoms with Gasteiger partial charge in [-0.25, -0.2) is 0 Å². The molecule has 0 aliphatic heterocycles. The van der Waals surface area contributed by atoms with Gasteiger partial charge in [0.15, 0.2) is 0 Å². The van der Waals surface area contributed by atoms with E-state index in [9.17, 15) is 5.11 Å². The Bertz CT molecular complexity index is 492. The first kappa shape index (κ1) is 13.6. The molecule has 2 rings (SSSR count). The predicted molar refractivity (Wildman–Crippen MR) is 78.8 cm³/mol. The van der Waals surface area contributed by atoms with Gasteiger partial charge in [0.25, 0.3) is 0 Å². The van der Waals surface area contributed by atoms with Gasteiger partial charge in [0, 0.05) is 33.4 Å². The van der Waals surface area contributed by atoms with E-state index in [2.05, 4.69) is 20.9 Å². The van der Waals surface area contributed by atoms with E-state index in [1.165, 1.54) is 0 Å². The number of hydrogen-bond acceptors (Lipinski definition) is 3. The highest BCUT2D eigenvalue weighted by atomic mass is 79.9. The van der Waals surface area contributed by atoms with Crippen LogP contribution in [0.1, 0.15) is 5.69 Å². The third kappa shape index (κ3) is 4.12. The molecular formula is C14H14BrNOS. The molecule has 18 heavy (non-hydrogen) atoms. The maximum absolute atomic E-state index is 9.98. The molecule has 1 unspecified atom stereocenters. The van der Waals surface area contributed by atoms with E-state index in [-0.39, 0.29) is 6.10 Å². The second-order valence-electron chi connectivity index (χ2n) is 3.92. The molecule has 1 atom stereocenters. The van der Waals surface area contributed by atoms with Gasteiger partial charge in [-0.2, -0.15) is 0 Å². The minimum atomic E-state index is -0.378. The van der Waals surface area contributed by atoms with Crippen LogP contribution in [0.15, 0.2) is 58.0 Å². The summed E-state index contributed by atoms with van der Waals surface area (Å²) in [6.07, 6.45) is 1.97. The number of hydrogen-bond donors (Lipinski definition) is 1. The van der Waals surface area contributed by atoms with E-state index in [4.69, 9.17) is 0 Å². The topological polar surface area (TPSA) is 33.1 Å². The van der Waals surface area contributed by atoms with Crippen molar-refractivity contribution in [2.45, 2.75) is 17.4 Å². The van der Waals surface area contributed by atoms with Gasteiger partial charge in [0.05, 0.1) is 6.10 Å². The smallest absolute Gasteiger partial charge is 0.0689 e. The summed E-state index contributed by atoms with van der Waals surface area (Å²) in [6, 6.07) is 13.8. The van der Waals surface area contributed by atoms with Crippen molar-refractivity contribution in [3.63, 3.8) is 0 Å². The van der Waals surface area contributed by atoms with Crippen LogP contribution in [0.2, 0.25) is 0 Å². The number of benzene rings is 1. The Balaban J connectivity index is 1.86. The van der Waals surface area contributed by atoms with E-state index in [0.29, 0.717) is 12.2 Å². The Morgan fingerprint density at radius 1 is 1.17 bits per heavy atom. The zero-order chi connectivity index (χ0) is 12.8. The molecular weight excluding hydrogens is 310 g/mol. The molecule has 0 fully saturated rings. The summed E-state index contributed by atoms with van der Waals surface area (Å²) in [5.41, 5.74) is 0.928. The highest BCUT2D eigenvalue weighted by Gasteiger charge is 2.08. The number of nitrogens with zero attached hydrogens (tertiary/aromatic N) is 1. The number of rotatable bonds is 5. The lowest BCUT2D eigenvalue weighted by Gasteiger charge is -2.10. The number of aliphatic hydroxyl groups excluding tert-OH is 1. The maximum atomic E-state index is 9.98. The first-order valence-corrected chi connectivity index (χ1v) is 7.49. The minimum Gasteiger partial charge on any atom is -0.392 e. The van der Waals surface area contributed by atoms with Crippen molar-refractivity contribution in [3.05, 3.63) is 58.8 Å². The molecule has 2 nitrogen and oxygen atoms in total. The first-order valence-electron chi connectivity index (χ1n) is 5.71. The zero-order valence-corrected chi connectivity index (χ0v) is 12.2. The Hall–Kier alpha value is -0.840. The van der Waals surface area contributed by atoms with Gasteiger partial charge in [0.2, 0.25) is 0 Å². The average Bonchev–Trinajstić information content (AvgIpc) is 2.39. The van der Waals surface area contributed by atoms with Crippen molar-refractivity contribution in [3.8, 4) is 0 Å². The maximum Gasteiger partial charge on any atom is 0.0689 e. The molecule has 1 aromatic heterocycles. The second kappa shape index (κ2) is 6.92. The first-order chi connectivity index (χ1) is 8.75. The molecule has 0 aliphatic rings. The normalized spacial score (nSPS) is 12.3. The van der Waals surface area contributed by atoms with Crippen LogP contribution in [0.3, 0.4) is 0 Å². The molecule has 4 heteroatoms. The Kier molecular flexibility index (Phi) is 5.23. The fraction of sp³-hybridized carbons (Fsp3) is 0.214. The largest absolute Gasteiger partial charge is 0.392 e. The van der Waals surface area contributed by atoms with Crippen molar-refractivity contribution in [2.24, 2.45) is 0 Å². The molecule has 1 N–H and O–H groups in total. The molecule has 0 radical (unpaired) electrons. The second-order valence-corrected chi connectivity index (χ2v) is 5.84. The molecule has 1 heterocycles. The number of aromatic nitrogens is 1. The number of halogens is 1. The lowest BCUT2D eigenvalue weighted by molar-refractivity contribution is 0.199. The summed E-state index contributed by atoms with van der Waals surface area (Å²) in [6.45, 7) is 0. The summed E-state index contributed by atoms with van der Waals surface area (Å²) in [5, 5.41) is 9.98. The number of thioether (sulfide) groups is 1. The van der Waals surface area contributed by atoms with Crippen LogP contribution in [-0.2, 0) is 6.42 Å². The van der Waals surface area contributed by atoms with Crippen LogP contribution in [0.5, 0.6) is 0 Å².